The molecule has 1 atom stereocenters. The Hall–Kier alpha value is -1.69. The minimum absolute atomic E-state index is 0.236. The zero-order valence-electron chi connectivity index (χ0n) is 8.81. The molecular weight excluding hydrogens is 290 g/mol. The SMILES string of the molecule is CN1C(=O)c2ccc(Br)cc2C(C(=O)O)C1=O. The maximum atomic E-state index is 11.8. The molecule has 0 fully saturated rings. The number of rotatable bonds is 1. The highest BCUT2D eigenvalue weighted by Gasteiger charge is 2.41. The average molecular weight is 298 g/mol. The van der Waals surface area contributed by atoms with Crippen LogP contribution in [0, 0.1) is 0 Å². The molecule has 1 unspecified atom stereocenters. The largest absolute Gasteiger partial charge is 0.480 e. The van der Waals surface area contributed by atoms with Crippen LogP contribution in [-0.2, 0) is 9.59 Å². The van der Waals surface area contributed by atoms with Gasteiger partial charge in [-0.2, -0.15) is 0 Å². The van der Waals surface area contributed by atoms with Gasteiger partial charge in [0, 0.05) is 17.1 Å². The number of carboxylic acids is 1. The van der Waals surface area contributed by atoms with E-state index < -0.39 is 23.7 Å². The Labute approximate surface area is 105 Å². The number of hydrogen-bond donors (Lipinski definition) is 1. The number of likely N-dealkylation sites (N-methyl/N-ethyl adjacent to an activating group) is 1. The van der Waals surface area contributed by atoms with Crippen LogP contribution in [0.3, 0.4) is 0 Å². The van der Waals surface area contributed by atoms with E-state index in [1.165, 1.54) is 19.2 Å². The number of benzene rings is 1. The third-order valence-corrected chi connectivity index (χ3v) is 3.18. The van der Waals surface area contributed by atoms with Crippen LogP contribution in [0.1, 0.15) is 21.8 Å². The van der Waals surface area contributed by atoms with Crippen LogP contribution in [0.4, 0.5) is 0 Å². The van der Waals surface area contributed by atoms with E-state index >= 15 is 0 Å². The molecule has 5 nitrogen and oxygen atoms in total. The van der Waals surface area contributed by atoms with Crippen LogP contribution in [0.25, 0.3) is 0 Å². The summed E-state index contributed by atoms with van der Waals surface area (Å²) in [7, 11) is 1.28. The molecule has 1 aliphatic heterocycles. The van der Waals surface area contributed by atoms with Crippen LogP contribution in [0.15, 0.2) is 22.7 Å². The number of nitrogens with zero attached hydrogens (tertiary/aromatic N) is 1. The molecule has 0 spiro atoms. The topological polar surface area (TPSA) is 74.7 Å². The summed E-state index contributed by atoms with van der Waals surface area (Å²) in [6, 6.07) is 4.65. The van der Waals surface area contributed by atoms with E-state index in [0.29, 0.717) is 4.47 Å². The molecule has 0 saturated heterocycles. The Morgan fingerprint density at radius 3 is 2.65 bits per heavy atom. The lowest BCUT2D eigenvalue weighted by atomic mass is 9.89. The summed E-state index contributed by atoms with van der Waals surface area (Å²) in [5, 5.41) is 9.08. The third kappa shape index (κ3) is 1.74. The van der Waals surface area contributed by atoms with E-state index in [-0.39, 0.29) is 11.1 Å². The first-order valence-electron chi connectivity index (χ1n) is 4.77. The van der Waals surface area contributed by atoms with Crippen molar-refractivity contribution in [1.29, 1.82) is 0 Å². The second-order valence-corrected chi connectivity index (χ2v) is 4.62. The molecule has 0 aliphatic carbocycles. The van der Waals surface area contributed by atoms with Gasteiger partial charge in [0.2, 0.25) is 5.91 Å². The van der Waals surface area contributed by atoms with Crippen molar-refractivity contribution >= 4 is 33.7 Å². The number of carbonyl (C=O) groups excluding carboxylic acids is 2. The van der Waals surface area contributed by atoms with Crippen LogP contribution in [0.2, 0.25) is 0 Å². The number of carbonyl (C=O) groups is 3. The number of fused-ring (bicyclic) bond motifs is 1. The van der Waals surface area contributed by atoms with Crippen molar-refractivity contribution in [2.75, 3.05) is 7.05 Å². The van der Waals surface area contributed by atoms with E-state index in [1.807, 2.05) is 0 Å². The van der Waals surface area contributed by atoms with Crippen LogP contribution in [0.5, 0.6) is 0 Å². The second-order valence-electron chi connectivity index (χ2n) is 3.71. The summed E-state index contributed by atoms with van der Waals surface area (Å²) in [6.45, 7) is 0. The van der Waals surface area contributed by atoms with Gasteiger partial charge in [0.25, 0.3) is 5.91 Å². The van der Waals surface area contributed by atoms with Gasteiger partial charge >= 0.3 is 5.97 Å². The third-order valence-electron chi connectivity index (χ3n) is 2.68. The average Bonchev–Trinajstić information content (AvgIpc) is 2.25. The molecule has 0 aromatic heterocycles. The van der Waals surface area contributed by atoms with E-state index in [2.05, 4.69) is 15.9 Å². The normalized spacial score (nSPS) is 19.2. The predicted octanol–water partition coefficient (Wildman–Crippen LogP) is 1.23. The number of hydrogen-bond acceptors (Lipinski definition) is 3. The Morgan fingerprint density at radius 2 is 2.06 bits per heavy atom. The van der Waals surface area contributed by atoms with Gasteiger partial charge in [0.1, 0.15) is 0 Å². The van der Waals surface area contributed by atoms with Gasteiger partial charge in [-0.25, -0.2) is 0 Å². The van der Waals surface area contributed by atoms with E-state index in [0.717, 1.165) is 4.90 Å². The minimum Gasteiger partial charge on any atom is -0.480 e. The maximum absolute atomic E-state index is 11.8. The number of halogens is 1. The summed E-state index contributed by atoms with van der Waals surface area (Å²) < 4.78 is 0.632. The monoisotopic (exact) mass is 297 g/mol. The molecule has 1 aromatic rings. The highest BCUT2D eigenvalue weighted by atomic mass is 79.9. The summed E-state index contributed by atoms with van der Waals surface area (Å²) in [5.41, 5.74) is 0.489. The Bertz CT molecular complexity index is 540. The molecule has 1 aliphatic rings. The van der Waals surface area contributed by atoms with E-state index in [1.54, 1.807) is 6.07 Å². The first-order valence-corrected chi connectivity index (χ1v) is 5.57. The Balaban J connectivity index is 2.69. The van der Waals surface area contributed by atoms with Crippen LogP contribution in [-0.4, -0.2) is 34.8 Å². The Morgan fingerprint density at radius 1 is 1.41 bits per heavy atom. The highest BCUT2D eigenvalue weighted by Crippen LogP contribution is 2.31. The number of aliphatic carboxylic acids is 1. The molecule has 1 heterocycles. The van der Waals surface area contributed by atoms with Gasteiger partial charge in [-0.3, -0.25) is 19.3 Å². The fourth-order valence-corrected chi connectivity index (χ4v) is 2.19. The molecule has 6 heteroatoms. The first kappa shape index (κ1) is 11.8. The number of imide groups is 1. The molecule has 0 radical (unpaired) electrons. The lowest BCUT2D eigenvalue weighted by molar-refractivity contribution is -0.145. The van der Waals surface area contributed by atoms with E-state index in [4.69, 9.17) is 5.11 Å². The molecule has 88 valence electrons. The Kier molecular flexibility index (Phi) is 2.74. The highest BCUT2D eigenvalue weighted by molar-refractivity contribution is 9.10. The second kappa shape index (κ2) is 3.96. The van der Waals surface area contributed by atoms with Gasteiger partial charge < -0.3 is 5.11 Å². The summed E-state index contributed by atoms with van der Waals surface area (Å²) in [6.07, 6.45) is 0. The first-order chi connectivity index (χ1) is 7.93. The van der Waals surface area contributed by atoms with Crippen molar-refractivity contribution in [3.8, 4) is 0 Å². The molecule has 1 N–H and O–H groups in total. The van der Waals surface area contributed by atoms with Crippen molar-refractivity contribution in [3.05, 3.63) is 33.8 Å². The van der Waals surface area contributed by atoms with Gasteiger partial charge in [-0.15, -0.1) is 0 Å². The van der Waals surface area contributed by atoms with Crippen LogP contribution >= 0.6 is 15.9 Å². The van der Waals surface area contributed by atoms with Gasteiger partial charge in [0.05, 0.1) is 0 Å². The molecule has 2 rings (SSSR count). The fourth-order valence-electron chi connectivity index (χ4n) is 1.81. The quantitative estimate of drug-likeness (QED) is 0.625. The van der Waals surface area contributed by atoms with Gasteiger partial charge in [0.15, 0.2) is 5.92 Å². The number of amides is 2. The zero-order chi connectivity index (χ0) is 12.7. The molecule has 1 aromatic carbocycles. The smallest absolute Gasteiger partial charge is 0.320 e. The van der Waals surface area contributed by atoms with Crippen molar-refractivity contribution in [1.82, 2.24) is 4.90 Å². The standard InChI is InChI=1S/C11H8BrNO4/c1-13-9(14)6-3-2-5(12)4-7(6)8(10(13)15)11(16)17/h2-4,8H,1H3,(H,16,17). The molecule has 0 bridgehead atoms. The fraction of sp³-hybridized carbons (Fsp3) is 0.182. The summed E-state index contributed by atoms with van der Waals surface area (Å²) >= 11 is 3.19. The molecule has 17 heavy (non-hydrogen) atoms. The number of carboxylic acid groups (broad SMARTS) is 1. The van der Waals surface area contributed by atoms with E-state index in [9.17, 15) is 14.4 Å². The van der Waals surface area contributed by atoms with Crippen molar-refractivity contribution in [2.45, 2.75) is 5.92 Å². The molecule has 2 amide bonds. The summed E-state index contributed by atoms with van der Waals surface area (Å²) in [4.78, 5) is 35.5. The van der Waals surface area contributed by atoms with Crippen LogP contribution < -0.4 is 0 Å². The van der Waals surface area contributed by atoms with Crippen molar-refractivity contribution < 1.29 is 19.5 Å². The molecular formula is C11H8BrNO4. The lowest BCUT2D eigenvalue weighted by Crippen LogP contribution is -2.44. The van der Waals surface area contributed by atoms with Crippen molar-refractivity contribution in [2.24, 2.45) is 0 Å². The predicted molar refractivity (Wildman–Crippen MR) is 61.6 cm³/mol. The summed E-state index contributed by atoms with van der Waals surface area (Å²) in [5.74, 6) is -3.76. The lowest BCUT2D eigenvalue weighted by Gasteiger charge is -2.27. The minimum atomic E-state index is -1.31. The zero-order valence-corrected chi connectivity index (χ0v) is 10.4. The van der Waals surface area contributed by atoms with Gasteiger partial charge in [-0.1, -0.05) is 15.9 Å². The van der Waals surface area contributed by atoms with Gasteiger partial charge in [-0.05, 0) is 23.8 Å². The van der Waals surface area contributed by atoms with Crippen molar-refractivity contribution in [3.63, 3.8) is 0 Å². The maximum Gasteiger partial charge on any atom is 0.320 e. The molecule has 0 saturated carbocycles.